The second-order valence-corrected chi connectivity index (χ2v) is 11.1. The van der Waals surface area contributed by atoms with Crippen molar-refractivity contribution in [2.45, 2.75) is 136 Å². The first-order valence-corrected chi connectivity index (χ1v) is 13.9. The third-order valence-electron chi connectivity index (χ3n) is 7.61. The third-order valence-corrected chi connectivity index (χ3v) is 7.61. The van der Waals surface area contributed by atoms with Crippen molar-refractivity contribution in [1.82, 2.24) is 0 Å². The molecular formula is C25H27F17O7. The maximum atomic E-state index is 15.1. The molecule has 288 valence electrons. The van der Waals surface area contributed by atoms with Crippen LogP contribution in [0, 0.1) is 0 Å². The van der Waals surface area contributed by atoms with Crippen LogP contribution >= 0.6 is 0 Å². The number of cyclic esters (lactones) is 1. The Labute approximate surface area is 263 Å². The summed E-state index contributed by atoms with van der Waals surface area (Å²) in [5.74, 6) is -61.1. The number of allylic oxidation sites excluding steroid dienone is 1. The molecule has 6 atom stereocenters. The van der Waals surface area contributed by atoms with Gasteiger partial charge in [-0.1, -0.05) is 25.7 Å². The highest BCUT2D eigenvalue weighted by molar-refractivity contribution is 5.75. The quantitative estimate of drug-likeness (QED) is 0.204. The summed E-state index contributed by atoms with van der Waals surface area (Å²) in [5.41, 5.74) is 0. The minimum Gasteiger partial charge on any atom is -0.470 e. The number of aliphatic hydroxyl groups is 3. The van der Waals surface area contributed by atoms with Crippen molar-refractivity contribution in [3.8, 4) is 0 Å². The summed E-state index contributed by atoms with van der Waals surface area (Å²) >= 11 is 0. The summed E-state index contributed by atoms with van der Waals surface area (Å²) in [6, 6.07) is 0. The first-order chi connectivity index (χ1) is 22.0. The van der Waals surface area contributed by atoms with Gasteiger partial charge in [-0.3, -0.25) is 0 Å². The van der Waals surface area contributed by atoms with Gasteiger partial charge in [0.1, 0.15) is 18.3 Å². The summed E-state index contributed by atoms with van der Waals surface area (Å²) in [6.07, 6.45) is -23.0. The van der Waals surface area contributed by atoms with Crippen molar-refractivity contribution < 1.29 is 109 Å². The van der Waals surface area contributed by atoms with Gasteiger partial charge in [-0.05, 0) is 31.8 Å². The second-order valence-electron chi connectivity index (χ2n) is 11.1. The Bertz CT molecular complexity index is 1160. The van der Waals surface area contributed by atoms with Crippen LogP contribution in [0.2, 0.25) is 0 Å². The predicted octanol–water partition coefficient (Wildman–Crippen LogP) is 6.38. The zero-order chi connectivity index (χ0) is 38.2. The molecule has 49 heavy (non-hydrogen) atoms. The Morgan fingerprint density at radius 3 is 1.55 bits per heavy atom. The molecule has 0 aliphatic carbocycles. The summed E-state index contributed by atoms with van der Waals surface area (Å²) in [5, 5.41) is 30.2. The molecule has 7 nitrogen and oxygen atoms in total. The van der Waals surface area contributed by atoms with Crippen LogP contribution in [0.3, 0.4) is 0 Å². The highest BCUT2D eigenvalue weighted by atomic mass is 19.4. The normalized spacial score (nSPS) is 29.4. The number of alkyl halides is 17. The number of carbonyl (C=O) groups is 1. The minimum atomic E-state index is -8.84. The van der Waals surface area contributed by atoms with Crippen molar-refractivity contribution in [2.75, 3.05) is 0 Å². The SMILES string of the molecule is O=C1OC(C(F)(F)C(F)(F)C(F)(F)C(F)(F)C(F)(F)C(F)(F)C(F)(F)C(F)(F)F)CCCCCCCC/C=C/OC2O[C@@H]([C@H](O)[C@H]2O)[C@@H]1O. The lowest BCUT2D eigenvalue weighted by atomic mass is 9.86. The van der Waals surface area contributed by atoms with E-state index < -0.39 is 103 Å². The van der Waals surface area contributed by atoms with Gasteiger partial charge in [0.15, 0.2) is 12.2 Å². The van der Waals surface area contributed by atoms with E-state index in [1.54, 1.807) is 0 Å². The van der Waals surface area contributed by atoms with Gasteiger partial charge in [0.05, 0.1) is 6.26 Å². The Balaban J connectivity index is 2.55. The second kappa shape index (κ2) is 14.4. The van der Waals surface area contributed by atoms with Gasteiger partial charge in [0.2, 0.25) is 6.29 Å². The van der Waals surface area contributed by atoms with E-state index in [1.165, 1.54) is 6.08 Å². The van der Waals surface area contributed by atoms with E-state index in [0.29, 0.717) is 19.3 Å². The fraction of sp³-hybridized carbons (Fsp3) is 0.880. The number of esters is 1. The van der Waals surface area contributed by atoms with Crippen LogP contribution in [0.1, 0.15) is 51.4 Å². The van der Waals surface area contributed by atoms with E-state index in [2.05, 4.69) is 4.74 Å². The summed E-state index contributed by atoms with van der Waals surface area (Å²) in [6.45, 7) is 0. The van der Waals surface area contributed by atoms with E-state index in [-0.39, 0.29) is 19.3 Å². The Hall–Kier alpha value is -2.34. The number of aliphatic hydroxyl groups excluding tert-OH is 3. The van der Waals surface area contributed by atoms with E-state index >= 15 is 8.78 Å². The van der Waals surface area contributed by atoms with Crippen LogP contribution in [0.25, 0.3) is 0 Å². The Kier molecular flexibility index (Phi) is 12.5. The molecule has 2 heterocycles. The van der Waals surface area contributed by atoms with Crippen molar-refractivity contribution in [3.05, 3.63) is 12.3 Å². The summed E-state index contributed by atoms with van der Waals surface area (Å²) in [4.78, 5) is 12.5. The molecule has 0 aromatic heterocycles. The van der Waals surface area contributed by atoms with Crippen LogP contribution in [0.15, 0.2) is 12.3 Å². The molecule has 24 heteroatoms. The lowest BCUT2D eigenvalue weighted by Crippen LogP contribution is -2.75. The number of hydrogen-bond acceptors (Lipinski definition) is 7. The molecule has 2 unspecified atom stereocenters. The van der Waals surface area contributed by atoms with Crippen LogP contribution in [0.5, 0.6) is 0 Å². The predicted molar refractivity (Wildman–Crippen MR) is 124 cm³/mol. The molecule has 0 aromatic rings. The number of hydrogen-bond donors (Lipinski definition) is 3. The van der Waals surface area contributed by atoms with Gasteiger partial charge in [-0.2, -0.15) is 74.6 Å². The van der Waals surface area contributed by atoms with E-state index in [1.807, 2.05) is 0 Å². The van der Waals surface area contributed by atoms with Gasteiger partial charge in [-0.15, -0.1) is 0 Å². The zero-order valence-corrected chi connectivity index (χ0v) is 24.2. The van der Waals surface area contributed by atoms with Crippen molar-refractivity contribution in [1.29, 1.82) is 0 Å². The molecule has 0 radical (unpaired) electrons. The summed E-state index contributed by atoms with van der Waals surface area (Å²) in [7, 11) is 0. The fourth-order valence-corrected chi connectivity index (χ4v) is 4.58. The molecular weight excluding hydrogens is 735 g/mol. The molecule has 3 N–H and O–H groups in total. The number of rotatable bonds is 7. The van der Waals surface area contributed by atoms with Crippen LogP contribution in [-0.4, -0.2) is 106 Å². The average molecular weight is 762 g/mol. The first-order valence-electron chi connectivity index (χ1n) is 13.9. The van der Waals surface area contributed by atoms with E-state index in [0.717, 1.165) is 6.26 Å². The van der Waals surface area contributed by atoms with Gasteiger partial charge >= 0.3 is 53.6 Å². The topological polar surface area (TPSA) is 105 Å². The Morgan fingerprint density at radius 1 is 0.592 bits per heavy atom. The van der Waals surface area contributed by atoms with Crippen LogP contribution in [0.4, 0.5) is 74.6 Å². The average Bonchev–Trinajstić information content (AvgIpc) is 3.25. The van der Waals surface area contributed by atoms with Crippen molar-refractivity contribution in [3.63, 3.8) is 0 Å². The molecule has 2 aliphatic rings. The lowest BCUT2D eigenvalue weighted by Gasteiger charge is -2.43. The molecule has 0 spiro atoms. The van der Waals surface area contributed by atoms with Crippen molar-refractivity contribution in [2.24, 2.45) is 0 Å². The zero-order valence-electron chi connectivity index (χ0n) is 24.2. The number of fused-ring (bicyclic) bond motifs is 2. The number of ether oxygens (including phenoxy) is 3. The molecule has 1 fully saturated rings. The number of carbonyl (C=O) groups excluding carboxylic acids is 1. The molecule has 2 bridgehead atoms. The third kappa shape index (κ3) is 7.37. The molecule has 0 saturated carbocycles. The van der Waals surface area contributed by atoms with Gasteiger partial charge in [0, 0.05) is 0 Å². The standard InChI is InChI=1S/C25H27F17O7/c26-18(27,19(28,29)20(30,31)21(32,33)22(34,35)23(36,37)24(38,39)25(40,41)42)11-9-7-5-3-1-2-4-6-8-10-47-17-13(44)12(43)15(49-17)14(45)16(46)48-11/h8,10-15,17,43-45H,1-7,9H2/b10-8+/t11?,12-,13-,14+,15+,17?/m1/s1. The Morgan fingerprint density at radius 2 is 1.04 bits per heavy atom. The van der Waals surface area contributed by atoms with E-state index in [9.17, 15) is 86.0 Å². The van der Waals surface area contributed by atoms with Crippen molar-refractivity contribution >= 4 is 5.97 Å². The van der Waals surface area contributed by atoms with Crippen LogP contribution < -0.4 is 0 Å². The fourth-order valence-electron chi connectivity index (χ4n) is 4.58. The minimum absolute atomic E-state index is 0.0603. The summed E-state index contributed by atoms with van der Waals surface area (Å²) < 4.78 is 249. The lowest BCUT2D eigenvalue weighted by molar-refractivity contribution is -0.464. The molecule has 2 rings (SSSR count). The molecule has 0 aromatic carbocycles. The first kappa shape index (κ1) is 42.8. The monoisotopic (exact) mass is 762 g/mol. The van der Waals surface area contributed by atoms with Gasteiger partial charge in [-0.25, -0.2) is 4.79 Å². The molecule has 2 aliphatic heterocycles. The smallest absolute Gasteiger partial charge is 0.460 e. The van der Waals surface area contributed by atoms with Gasteiger partial charge in [0.25, 0.3) is 0 Å². The van der Waals surface area contributed by atoms with E-state index in [4.69, 9.17) is 9.47 Å². The highest BCUT2D eigenvalue weighted by Crippen LogP contribution is 2.64. The van der Waals surface area contributed by atoms with Crippen LogP contribution in [-0.2, 0) is 19.0 Å². The maximum Gasteiger partial charge on any atom is 0.460 e. The maximum absolute atomic E-state index is 15.1. The molecule has 0 amide bonds. The largest absolute Gasteiger partial charge is 0.470 e. The molecule has 1 saturated heterocycles. The van der Waals surface area contributed by atoms with Gasteiger partial charge < -0.3 is 29.5 Å². The number of halogens is 17. The highest BCUT2D eigenvalue weighted by Gasteiger charge is 2.95.